The standard InChI is InChI=1S/C22H40O6/c1-17(2)12-9-7-5-6-8-10-15-25-21(23)27-19-13-11-14-20(16-19)28-22(24)26-18(3)4/h17-20H,5-16H2,1-4H3. The average molecular weight is 401 g/mol. The van der Waals surface area contributed by atoms with Crippen LogP contribution < -0.4 is 0 Å². The Kier molecular flexibility index (Phi) is 12.8. The molecule has 1 fully saturated rings. The Bertz CT molecular complexity index is 435. The molecule has 1 saturated carbocycles. The number of ether oxygens (including phenoxy) is 4. The van der Waals surface area contributed by atoms with Crippen LogP contribution in [0.4, 0.5) is 9.59 Å². The van der Waals surface area contributed by atoms with Crippen LogP contribution in [0.15, 0.2) is 0 Å². The summed E-state index contributed by atoms with van der Waals surface area (Å²) in [6.45, 7) is 8.47. The minimum Gasteiger partial charge on any atom is -0.434 e. The fraction of sp³-hybridized carbons (Fsp3) is 0.909. The Labute approximate surface area is 170 Å². The van der Waals surface area contributed by atoms with E-state index in [0.29, 0.717) is 13.0 Å². The zero-order chi connectivity index (χ0) is 20.8. The molecule has 0 heterocycles. The van der Waals surface area contributed by atoms with Gasteiger partial charge in [-0.1, -0.05) is 52.4 Å². The van der Waals surface area contributed by atoms with E-state index in [-0.39, 0.29) is 18.3 Å². The molecule has 0 aromatic heterocycles. The SMILES string of the molecule is CC(C)CCCCCCCCOC(=O)OC1CCCC(OC(=O)OC(C)C)C1. The third kappa shape index (κ3) is 12.8. The predicted molar refractivity (Wildman–Crippen MR) is 108 cm³/mol. The molecule has 2 unspecified atom stereocenters. The van der Waals surface area contributed by atoms with E-state index in [1.54, 1.807) is 13.8 Å². The van der Waals surface area contributed by atoms with Crippen LogP contribution in [0, 0.1) is 5.92 Å². The second-order valence-electron chi connectivity index (χ2n) is 8.47. The van der Waals surface area contributed by atoms with Gasteiger partial charge in [0, 0.05) is 6.42 Å². The zero-order valence-corrected chi connectivity index (χ0v) is 18.2. The molecule has 0 aromatic rings. The normalized spacial score (nSPS) is 19.5. The predicted octanol–water partition coefficient (Wildman–Crippen LogP) is 6.40. The maximum absolute atomic E-state index is 11.8. The lowest BCUT2D eigenvalue weighted by atomic mass is 9.95. The van der Waals surface area contributed by atoms with Crippen LogP contribution in [0.1, 0.15) is 98.3 Å². The summed E-state index contributed by atoms with van der Waals surface area (Å²) in [6.07, 6.45) is 9.13. The van der Waals surface area contributed by atoms with Gasteiger partial charge in [-0.3, -0.25) is 0 Å². The Morgan fingerprint density at radius 2 is 1.39 bits per heavy atom. The Hall–Kier alpha value is -1.46. The van der Waals surface area contributed by atoms with E-state index in [0.717, 1.165) is 38.0 Å². The summed E-state index contributed by atoms with van der Waals surface area (Å²) >= 11 is 0. The summed E-state index contributed by atoms with van der Waals surface area (Å²) < 4.78 is 20.8. The van der Waals surface area contributed by atoms with Gasteiger partial charge in [0.25, 0.3) is 0 Å². The lowest BCUT2D eigenvalue weighted by molar-refractivity contribution is -0.0400. The van der Waals surface area contributed by atoms with Crippen molar-refractivity contribution in [3.8, 4) is 0 Å². The minimum atomic E-state index is -0.660. The molecule has 0 saturated heterocycles. The highest BCUT2D eigenvalue weighted by Gasteiger charge is 2.28. The van der Waals surface area contributed by atoms with Gasteiger partial charge >= 0.3 is 12.3 Å². The molecule has 2 atom stereocenters. The zero-order valence-electron chi connectivity index (χ0n) is 18.2. The first-order valence-corrected chi connectivity index (χ1v) is 11.1. The quantitative estimate of drug-likeness (QED) is 0.279. The van der Waals surface area contributed by atoms with Crippen molar-refractivity contribution < 1.29 is 28.5 Å². The summed E-state index contributed by atoms with van der Waals surface area (Å²) in [4.78, 5) is 23.4. The highest BCUT2D eigenvalue weighted by atomic mass is 16.7. The van der Waals surface area contributed by atoms with Gasteiger partial charge in [0.1, 0.15) is 12.2 Å². The number of carbonyl (C=O) groups is 2. The van der Waals surface area contributed by atoms with Gasteiger partial charge in [0.2, 0.25) is 0 Å². The van der Waals surface area contributed by atoms with Gasteiger partial charge in [-0.05, 0) is 45.4 Å². The first-order valence-electron chi connectivity index (χ1n) is 11.1. The lowest BCUT2D eigenvalue weighted by Gasteiger charge is -2.28. The number of hydrogen-bond acceptors (Lipinski definition) is 6. The minimum absolute atomic E-state index is 0.210. The van der Waals surface area contributed by atoms with E-state index in [2.05, 4.69) is 13.8 Å². The maximum atomic E-state index is 11.8. The molecular formula is C22H40O6. The van der Waals surface area contributed by atoms with Crippen LogP contribution in [0.2, 0.25) is 0 Å². The molecule has 164 valence electrons. The fourth-order valence-corrected chi connectivity index (χ4v) is 3.36. The molecule has 6 nitrogen and oxygen atoms in total. The van der Waals surface area contributed by atoms with Crippen molar-refractivity contribution in [2.45, 2.75) is 117 Å². The Balaban J connectivity index is 2.06. The van der Waals surface area contributed by atoms with E-state index >= 15 is 0 Å². The third-order valence-corrected chi connectivity index (χ3v) is 4.83. The number of rotatable bonds is 12. The third-order valence-electron chi connectivity index (χ3n) is 4.83. The number of hydrogen-bond donors (Lipinski definition) is 0. The second-order valence-corrected chi connectivity index (χ2v) is 8.47. The highest BCUT2D eigenvalue weighted by Crippen LogP contribution is 2.24. The summed E-state index contributed by atoms with van der Waals surface area (Å²) in [6, 6.07) is 0. The van der Waals surface area contributed by atoms with Crippen LogP contribution in [0.5, 0.6) is 0 Å². The molecule has 0 aliphatic heterocycles. The van der Waals surface area contributed by atoms with E-state index in [9.17, 15) is 9.59 Å². The van der Waals surface area contributed by atoms with Crippen molar-refractivity contribution in [1.82, 2.24) is 0 Å². The van der Waals surface area contributed by atoms with Gasteiger partial charge in [0.15, 0.2) is 0 Å². The topological polar surface area (TPSA) is 71.1 Å². The van der Waals surface area contributed by atoms with Gasteiger partial charge in [-0.2, -0.15) is 0 Å². The van der Waals surface area contributed by atoms with Crippen LogP contribution in [0.25, 0.3) is 0 Å². The van der Waals surface area contributed by atoms with E-state index < -0.39 is 12.3 Å². The van der Waals surface area contributed by atoms with Crippen molar-refractivity contribution in [2.75, 3.05) is 6.61 Å². The largest absolute Gasteiger partial charge is 0.508 e. The second kappa shape index (κ2) is 14.5. The highest BCUT2D eigenvalue weighted by molar-refractivity contribution is 5.61. The van der Waals surface area contributed by atoms with E-state index in [4.69, 9.17) is 18.9 Å². The molecule has 1 aliphatic rings. The first kappa shape index (κ1) is 24.6. The molecule has 0 aromatic carbocycles. The summed E-state index contributed by atoms with van der Waals surface area (Å²) in [5.41, 5.74) is 0. The number of unbranched alkanes of at least 4 members (excludes halogenated alkanes) is 5. The van der Waals surface area contributed by atoms with Crippen LogP contribution in [-0.4, -0.2) is 37.2 Å². The molecular weight excluding hydrogens is 360 g/mol. The molecule has 0 amide bonds. The van der Waals surface area contributed by atoms with Crippen molar-refractivity contribution >= 4 is 12.3 Å². The van der Waals surface area contributed by atoms with Crippen molar-refractivity contribution in [1.29, 1.82) is 0 Å². The molecule has 0 radical (unpaired) electrons. The monoisotopic (exact) mass is 400 g/mol. The first-order chi connectivity index (χ1) is 13.4. The Morgan fingerprint density at radius 3 is 2.00 bits per heavy atom. The van der Waals surface area contributed by atoms with Gasteiger partial charge in [0.05, 0.1) is 12.7 Å². The molecule has 1 rings (SSSR count). The van der Waals surface area contributed by atoms with Crippen molar-refractivity contribution in [2.24, 2.45) is 5.92 Å². The van der Waals surface area contributed by atoms with Crippen LogP contribution >= 0.6 is 0 Å². The van der Waals surface area contributed by atoms with E-state index in [1.807, 2.05) is 0 Å². The molecule has 0 N–H and O–H groups in total. The van der Waals surface area contributed by atoms with Crippen molar-refractivity contribution in [3.05, 3.63) is 0 Å². The molecule has 1 aliphatic carbocycles. The smallest absolute Gasteiger partial charge is 0.434 e. The van der Waals surface area contributed by atoms with Crippen LogP contribution in [0.3, 0.4) is 0 Å². The summed E-state index contributed by atoms with van der Waals surface area (Å²) in [5, 5.41) is 0. The molecule has 0 bridgehead atoms. The maximum Gasteiger partial charge on any atom is 0.508 e. The summed E-state index contributed by atoms with van der Waals surface area (Å²) in [5.74, 6) is 0.791. The van der Waals surface area contributed by atoms with Gasteiger partial charge in [-0.25, -0.2) is 9.59 Å². The average Bonchev–Trinajstić information content (AvgIpc) is 2.59. The Morgan fingerprint density at radius 1 is 0.821 bits per heavy atom. The lowest BCUT2D eigenvalue weighted by Crippen LogP contribution is -2.32. The van der Waals surface area contributed by atoms with Crippen LogP contribution in [-0.2, 0) is 18.9 Å². The fourth-order valence-electron chi connectivity index (χ4n) is 3.36. The molecule has 0 spiro atoms. The van der Waals surface area contributed by atoms with Gasteiger partial charge < -0.3 is 18.9 Å². The van der Waals surface area contributed by atoms with Crippen molar-refractivity contribution in [3.63, 3.8) is 0 Å². The number of carbonyl (C=O) groups excluding carboxylic acids is 2. The van der Waals surface area contributed by atoms with Gasteiger partial charge in [-0.15, -0.1) is 0 Å². The summed E-state index contributed by atoms with van der Waals surface area (Å²) in [7, 11) is 0. The molecule has 28 heavy (non-hydrogen) atoms. The van der Waals surface area contributed by atoms with E-state index in [1.165, 1.54) is 32.1 Å². The molecule has 6 heteroatoms.